The molecule has 24 heavy (non-hydrogen) atoms. The van der Waals surface area contributed by atoms with Crippen molar-refractivity contribution in [1.29, 1.82) is 0 Å². The molecule has 1 amide bonds. The van der Waals surface area contributed by atoms with Crippen LogP contribution in [0.15, 0.2) is 42.0 Å². The van der Waals surface area contributed by atoms with Crippen molar-refractivity contribution in [2.45, 2.75) is 26.2 Å². The molecule has 0 atom stereocenters. The largest absolute Gasteiger partial charge is 0.326 e. The maximum absolute atomic E-state index is 11.7. The smallest absolute Gasteiger partial charge is 0.224 e. The molecule has 0 bridgehead atoms. The van der Waals surface area contributed by atoms with Crippen LogP contribution in [0, 0.1) is 6.92 Å². The fraction of sp³-hybridized carbons (Fsp3) is 0.211. The Balaban J connectivity index is 1.74. The van der Waals surface area contributed by atoms with E-state index >= 15 is 0 Å². The highest BCUT2D eigenvalue weighted by molar-refractivity contribution is 7.13. The predicted octanol–water partition coefficient (Wildman–Crippen LogP) is 4.46. The van der Waals surface area contributed by atoms with E-state index in [2.05, 4.69) is 28.7 Å². The number of carbonyl (C=O) groups excluding carboxylic acids is 1. The number of nitrogens with zero attached hydrogens (tertiary/aromatic N) is 2. The van der Waals surface area contributed by atoms with Crippen LogP contribution in [-0.4, -0.2) is 15.9 Å². The zero-order valence-electron chi connectivity index (χ0n) is 13.4. The molecule has 4 nitrogen and oxygen atoms in total. The molecule has 0 fully saturated rings. The van der Waals surface area contributed by atoms with Crippen molar-refractivity contribution in [2.75, 3.05) is 5.32 Å². The summed E-state index contributed by atoms with van der Waals surface area (Å²) in [5.41, 5.74) is 6.60. The lowest BCUT2D eigenvalue weighted by molar-refractivity contribution is -0.116. The van der Waals surface area contributed by atoms with E-state index in [1.54, 1.807) is 23.7 Å². The van der Waals surface area contributed by atoms with Crippen molar-refractivity contribution in [3.8, 4) is 21.8 Å². The highest BCUT2D eigenvalue weighted by Gasteiger charge is 2.18. The molecule has 1 aromatic carbocycles. The summed E-state index contributed by atoms with van der Waals surface area (Å²) in [7, 11) is 0. The van der Waals surface area contributed by atoms with Crippen molar-refractivity contribution >= 4 is 22.9 Å². The molecule has 0 saturated heterocycles. The molecule has 1 N–H and O–H groups in total. The third kappa shape index (κ3) is 2.71. The van der Waals surface area contributed by atoms with Crippen molar-refractivity contribution in [2.24, 2.45) is 0 Å². The van der Waals surface area contributed by atoms with Gasteiger partial charge in [-0.05, 0) is 49.1 Å². The van der Waals surface area contributed by atoms with Crippen LogP contribution in [0.4, 0.5) is 5.69 Å². The van der Waals surface area contributed by atoms with E-state index in [0.29, 0.717) is 6.42 Å². The molecule has 3 heterocycles. The lowest BCUT2D eigenvalue weighted by Crippen LogP contribution is -2.09. The Morgan fingerprint density at radius 1 is 1.12 bits per heavy atom. The summed E-state index contributed by atoms with van der Waals surface area (Å²) in [6.07, 6.45) is 5.98. The minimum atomic E-state index is 0.106. The molecule has 2 aromatic heterocycles. The standard InChI is InChI=1S/C19H17N3OS/c1-12-14-3-2-4-18(23)21-16(14)6-5-15(12)17-11-24-19(22-17)13-7-9-20-10-8-13/h5-11H,2-4H2,1H3,(H,21,23). The Morgan fingerprint density at radius 3 is 2.79 bits per heavy atom. The number of amides is 1. The highest BCUT2D eigenvalue weighted by atomic mass is 32.1. The summed E-state index contributed by atoms with van der Waals surface area (Å²) >= 11 is 1.64. The molecule has 3 aromatic rings. The van der Waals surface area contributed by atoms with Crippen LogP contribution in [0.25, 0.3) is 21.8 Å². The molecule has 0 aliphatic carbocycles. The van der Waals surface area contributed by atoms with Crippen LogP contribution in [0.1, 0.15) is 24.0 Å². The Labute approximate surface area is 144 Å². The quantitative estimate of drug-likeness (QED) is 0.752. The molecule has 0 saturated carbocycles. The number of hydrogen-bond donors (Lipinski definition) is 1. The third-order valence-corrected chi connectivity index (χ3v) is 5.30. The molecule has 120 valence electrons. The lowest BCUT2D eigenvalue weighted by Gasteiger charge is -2.13. The molecule has 1 aliphatic heterocycles. The summed E-state index contributed by atoms with van der Waals surface area (Å²) in [4.78, 5) is 20.6. The van der Waals surface area contributed by atoms with Crippen LogP contribution in [0.3, 0.4) is 0 Å². The Morgan fingerprint density at radius 2 is 1.96 bits per heavy atom. The second kappa shape index (κ2) is 6.17. The van der Waals surface area contributed by atoms with Gasteiger partial charge in [0.2, 0.25) is 5.91 Å². The SMILES string of the molecule is Cc1c(-c2csc(-c3ccncc3)n2)ccc2c1CCCC(=O)N2. The van der Waals surface area contributed by atoms with Gasteiger partial charge in [-0.15, -0.1) is 11.3 Å². The fourth-order valence-corrected chi connectivity index (χ4v) is 3.96. The van der Waals surface area contributed by atoms with Crippen LogP contribution in [0.5, 0.6) is 0 Å². The number of hydrogen-bond acceptors (Lipinski definition) is 4. The normalized spacial score (nSPS) is 14.0. The van der Waals surface area contributed by atoms with Crippen LogP contribution in [0.2, 0.25) is 0 Å². The van der Waals surface area contributed by atoms with Crippen molar-refractivity contribution in [3.05, 3.63) is 53.2 Å². The number of pyridine rings is 1. The van der Waals surface area contributed by atoms with Crippen molar-refractivity contribution in [1.82, 2.24) is 9.97 Å². The number of aromatic nitrogens is 2. The molecule has 0 radical (unpaired) electrons. The summed E-state index contributed by atoms with van der Waals surface area (Å²) < 4.78 is 0. The summed E-state index contributed by atoms with van der Waals surface area (Å²) in [5.74, 6) is 0.106. The zero-order valence-corrected chi connectivity index (χ0v) is 14.2. The monoisotopic (exact) mass is 335 g/mol. The number of benzene rings is 1. The average Bonchev–Trinajstić information content (AvgIpc) is 3.00. The van der Waals surface area contributed by atoms with Crippen LogP contribution < -0.4 is 5.32 Å². The molecular weight excluding hydrogens is 318 g/mol. The first-order valence-corrected chi connectivity index (χ1v) is 8.89. The highest BCUT2D eigenvalue weighted by Crippen LogP contribution is 2.35. The van der Waals surface area contributed by atoms with Gasteiger partial charge in [0.1, 0.15) is 5.01 Å². The number of anilines is 1. The first-order valence-electron chi connectivity index (χ1n) is 8.01. The maximum atomic E-state index is 11.7. The number of thiazole rings is 1. The Hall–Kier alpha value is -2.53. The van der Waals surface area contributed by atoms with E-state index in [1.165, 1.54) is 11.1 Å². The first kappa shape index (κ1) is 15.0. The van der Waals surface area contributed by atoms with E-state index in [-0.39, 0.29) is 5.91 Å². The summed E-state index contributed by atoms with van der Waals surface area (Å²) in [5, 5.41) is 6.10. The lowest BCUT2D eigenvalue weighted by atomic mass is 9.96. The maximum Gasteiger partial charge on any atom is 0.224 e. The van der Waals surface area contributed by atoms with Gasteiger partial charge in [0.25, 0.3) is 0 Å². The number of nitrogens with one attached hydrogen (secondary N) is 1. The van der Waals surface area contributed by atoms with Gasteiger partial charge < -0.3 is 5.32 Å². The van der Waals surface area contributed by atoms with Crippen LogP contribution in [-0.2, 0) is 11.2 Å². The fourth-order valence-electron chi connectivity index (χ4n) is 3.14. The number of carbonyl (C=O) groups is 1. The number of fused-ring (bicyclic) bond motifs is 1. The van der Waals surface area contributed by atoms with Crippen molar-refractivity contribution in [3.63, 3.8) is 0 Å². The number of rotatable bonds is 2. The molecular formula is C19H17N3OS. The van der Waals surface area contributed by atoms with Gasteiger partial charge in [0.05, 0.1) is 5.69 Å². The van der Waals surface area contributed by atoms with E-state index in [1.807, 2.05) is 18.2 Å². The molecule has 5 heteroatoms. The van der Waals surface area contributed by atoms with Gasteiger partial charge in [-0.3, -0.25) is 9.78 Å². The van der Waals surface area contributed by atoms with Crippen LogP contribution >= 0.6 is 11.3 Å². The topological polar surface area (TPSA) is 54.9 Å². The van der Waals surface area contributed by atoms with E-state index in [9.17, 15) is 4.79 Å². The zero-order chi connectivity index (χ0) is 16.5. The van der Waals surface area contributed by atoms with E-state index < -0.39 is 0 Å². The summed E-state index contributed by atoms with van der Waals surface area (Å²) in [6, 6.07) is 8.02. The van der Waals surface area contributed by atoms with Crippen molar-refractivity contribution < 1.29 is 4.79 Å². The first-order chi connectivity index (χ1) is 11.7. The minimum Gasteiger partial charge on any atom is -0.326 e. The molecule has 4 rings (SSSR count). The Kier molecular flexibility index (Phi) is 3.86. The van der Waals surface area contributed by atoms with Gasteiger partial charge in [-0.1, -0.05) is 6.07 Å². The molecule has 0 spiro atoms. The predicted molar refractivity (Wildman–Crippen MR) is 97.1 cm³/mol. The van der Waals surface area contributed by atoms with Gasteiger partial charge in [-0.25, -0.2) is 4.98 Å². The van der Waals surface area contributed by atoms with E-state index in [0.717, 1.165) is 40.4 Å². The third-order valence-electron chi connectivity index (χ3n) is 4.41. The van der Waals surface area contributed by atoms with Gasteiger partial charge in [0, 0.05) is 41.0 Å². The van der Waals surface area contributed by atoms with Gasteiger partial charge >= 0.3 is 0 Å². The second-order valence-corrected chi connectivity index (χ2v) is 6.80. The second-order valence-electron chi connectivity index (χ2n) is 5.94. The summed E-state index contributed by atoms with van der Waals surface area (Å²) in [6.45, 7) is 2.12. The van der Waals surface area contributed by atoms with Gasteiger partial charge in [-0.2, -0.15) is 0 Å². The molecule has 0 unspecified atom stereocenters. The average molecular weight is 335 g/mol. The molecule has 1 aliphatic rings. The van der Waals surface area contributed by atoms with Gasteiger partial charge in [0.15, 0.2) is 0 Å². The Bertz CT molecular complexity index is 902. The van der Waals surface area contributed by atoms with E-state index in [4.69, 9.17) is 4.98 Å². The minimum absolute atomic E-state index is 0.106.